The van der Waals surface area contributed by atoms with Crippen LogP contribution in [-0.2, 0) is 0 Å². The zero-order valence-electron chi connectivity index (χ0n) is 9.90. The Balaban J connectivity index is 2.01. The summed E-state index contributed by atoms with van der Waals surface area (Å²) in [5.41, 5.74) is 4.77. The van der Waals surface area contributed by atoms with E-state index in [1.165, 1.54) is 6.21 Å². The molecule has 0 aliphatic carbocycles. The molecule has 2 aromatic carbocycles. The monoisotopic (exact) mass is 239 g/mol. The van der Waals surface area contributed by atoms with Gasteiger partial charge in [-0.05, 0) is 17.7 Å². The van der Waals surface area contributed by atoms with Gasteiger partial charge in [-0.1, -0.05) is 53.8 Å². The molecule has 1 unspecified atom stereocenters. The fraction of sp³-hybridized carbons (Fsp3) is 0.0714. The van der Waals surface area contributed by atoms with E-state index in [1.807, 2.05) is 60.7 Å². The highest BCUT2D eigenvalue weighted by Crippen LogP contribution is 2.14. The third-order valence-electron chi connectivity index (χ3n) is 2.46. The van der Waals surface area contributed by atoms with Gasteiger partial charge in [-0.25, -0.2) is 0 Å². The Bertz CT molecular complexity index is 508. The van der Waals surface area contributed by atoms with Crippen molar-refractivity contribution >= 4 is 11.9 Å². The molecule has 0 aromatic heterocycles. The molecule has 0 radical (unpaired) electrons. The van der Waals surface area contributed by atoms with Crippen molar-refractivity contribution in [2.75, 3.05) is 5.43 Å². The highest BCUT2D eigenvalue weighted by atomic mass is 15.4. The largest absolute Gasteiger partial charge is 0.262 e. The van der Waals surface area contributed by atoms with E-state index in [9.17, 15) is 0 Å². The molecule has 4 nitrogen and oxygen atoms in total. The van der Waals surface area contributed by atoms with Crippen molar-refractivity contribution in [2.24, 2.45) is 10.3 Å². The predicted octanol–water partition coefficient (Wildman–Crippen LogP) is 2.04. The number of hydrogen-bond donors (Lipinski definition) is 2. The number of hydrogen-bond acceptors (Lipinski definition) is 2. The Morgan fingerprint density at radius 2 is 1.56 bits per heavy atom. The van der Waals surface area contributed by atoms with Gasteiger partial charge in [-0.15, -0.1) is 0 Å². The quantitative estimate of drug-likeness (QED) is 0.468. The lowest BCUT2D eigenvalue weighted by Gasteiger charge is -2.03. The van der Waals surface area contributed by atoms with Gasteiger partial charge in [0.25, 0.3) is 0 Å². The van der Waals surface area contributed by atoms with Crippen LogP contribution in [-0.4, -0.2) is 6.21 Å². The number of para-hydroxylation sites is 1. The molecule has 1 atom stereocenters. The van der Waals surface area contributed by atoms with Crippen LogP contribution in [0.25, 0.3) is 0 Å². The van der Waals surface area contributed by atoms with Crippen LogP contribution < -0.4 is 10.8 Å². The molecule has 0 aliphatic rings. The average Bonchev–Trinajstić information content (AvgIpc) is 2.46. The molecular formula is C14H15N4+. The van der Waals surface area contributed by atoms with E-state index in [0.29, 0.717) is 0 Å². The van der Waals surface area contributed by atoms with Crippen LogP contribution in [0.15, 0.2) is 71.0 Å². The molecule has 2 aromatic rings. The Hall–Kier alpha value is -2.49. The van der Waals surface area contributed by atoms with Gasteiger partial charge in [0.1, 0.15) is 0 Å². The summed E-state index contributed by atoms with van der Waals surface area (Å²) < 4.78 is 0. The smallest absolute Gasteiger partial charge is 0.174 e. The summed E-state index contributed by atoms with van der Waals surface area (Å²) in [4.78, 5) is 0. The van der Waals surface area contributed by atoms with Crippen molar-refractivity contribution in [3.8, 4) is 0 Å². The first-order chi connectivity index (χ1) is 8.90. The van der Waals surface area contributed by atoms with Gasteiger partial charge in [0.15, 0.2) is 12.3 Å². The maximum atomic E-state index is 5.58. The molecule has 0 heterocycles. The highest BCUT2D eigenvalue weighted by Gasteiger charge is 2.08. The maximum Gasteiger partial charge on any atom is 0.174 e. The van der Waals surface area contributed by atoms with Gasteiger partial charge in [0.2, 0.25) is 0 Å². The Kier molecular flexibility index (Phi) is 4.19. The highest BCUT2D eigenvalue weighted by molar-refractivity contribution is 5.61. The number of anilines is 1. The number of benzene rings is 2. The molecule has 0 spiro atoms. The van der Waals surface area contributed by atoms with E-state index in [1.54, 1.807) is 0 Å². The molecule has 3 N–H and O–H groups in total. The van der Waals surface area contributed by atoms with Crippen LogP contribution in [0, 0.1) is 0 Å². The number of nitrogens with one attached hydrogen (secondary N) is 1. The van der Waals surface area contributed by atoms with Crippen molar-refractivity contribution in [3.63, 3.8) is 0 Å². The van der Waals surface area contributed by atoms with Gasteiger partial charge in [-0.2, -0.15) is 5.11 Å². The van der Waals surface area contributed by atoms with E-state index in [4.69, 9.17) is 5.41 Å². The molecule has 4 heteroatoms. The lowest BCUT2D eigenvalue weighted by atomic mass is 10.1. The van der Waals surface area contributed by atoms with Crippen molar-refractivity contribution in [3.05, 3.63) is 66.2 Å². The summed E-state index contributed by atoms with van der Waals surface area (Å²) >= 11 is 0. The van der Waals surface area contributed by atoms with E-state index in [0.717, 1.165) is 11.3 Å². The molecule has 0 amide bonds. The maximum absolute atomic E-state index is 5.58. The molecule has 0 fully saturated rings. The third-order valence-corrected chi connectivity index (χ3v) is 2.46. The lowest BCUT2D eigenvalue weighted by molar-refractivity contribution is -0.109. The third kappa shape index (κ3) is 3.25. The van der Waals surface area contributed by atoms with Gasteiger partial charge >= 0.3 is 0 Å². The zero-order chi connectivity index (χ0) is 12.6. The van der Waals surface area contributed by atoms with E-state index in [-0.39, 0.29) is 6.04 Å². The molecule has 0 saturated heterocycles. The minimum Gasteiger partial charge on any atom is -0.262 e. The minimum atomic E-state index is -0.234. The summed E-state index contributed by atoms with van der Waals surface area (Å²) in [7, 11) is 0. The first-order valence-electron chi connectivity index (χ1n) is 5.71. The molecular weight excluding hydrogens is 224 g/mol. The second kappa shape index (κ2) is 6.30. The van der Waals surface area contributed by atoms with Crippen molar-refractivity contribution < 1.29 is 5.41 Å². The predicted molar refractivity (Wildman–Crippen MR) is 72.1 cm³/mol. The van der Waals surface area contributed by atoms with E-state index >= 15 is 0 Å². The normalized spacial score (nSPS) is 12.2. The first kappa shape index (κ1) is 12.0. The zero-order valence-corrected chi connectivity index (χ0v) is 9.90. The average molecular weight is 239 g/mol. The first-order valence-corrected chi connectivity index (χ1v) is 5.71. The SMILES string of the molecule is [NH2+]=CC(N=NNc1ccccc1)c1ccccc1. The standard InChI is InChI=1S/C14H14N4/c15-11-14(12-7-3-1-4-8-12)17-18-16-13-9-5-2-6-10-13/h1-11,14-15H,(H,16,17)/p+1. The van der Waals surface area contributed by atoms with Gasteiger partial charge in [0, 0.05) is 0 Å². The van der Waals surface area contributed by atoms with E-state index < -0.39 is 0 Å². The Morgan fingerprint density at radius 1 is 0.944 bits per heavy atom. The fourth-order valence-electron chi connectivity index (χ4n) is 1.53. The number of nitrogens with two attached hydrogens (primary N) is 1. The number of rotatable bonds is 5. The van der Waals surface area contributed by atoms with Gasteiger partial charge < -0.3 is 0 Å². The van der Waals surface area contributed by atoms with Crippen LogP contribution in [0.1, 0.15) is 11.6 Å². The minimum absolute atomic E-state index is 0.234. The topological polar surface area (TPSA) is 62.3 Å². The van der Waals surface area contributed by atoms with Crippen LogP contribution >= 0.6 is 0 Å². The second-order valence-electron chi connectivity index (χ2n) is 3.74. The molecule has 0 saturated carbocycles. The molecule has 90 valence electrons. The fourth-order valence-corrected chi connectivity index (χ4v) is 1.53. The molecule has 0 bridgehead atoms. The Morgan fingerprint density at radius 3 is 2.17 bits per heavy atom. The van der Waals surface area contributed by atoms with Crippen LogP contribution in [0.2, 0.25) is 0 Å². The summed E-state index contributed by atoms with van der Waals surface area (Å²) in [5.74, 6) is 0. The number of nitrogens with zero attached hydrogens (tertiary/aromatic N) is 2. The molecule has 0 aliphatic heterocycles. The summed E-state index contributed by atoms with van der Waals surface area (Å²) in [6.45, 7) is 0. The van der Waals surface area contributed by atoms with Crippen molar-refractivity contribution in [2.45, 2.75) is 6.04 Å². The molecule has 18 heavy (non-hydrogen) atoms. The van der Waals surface area contributed by atoms with Crippen LogP contribution in [0.5, 0.6) is 0 Å². The van der Waals surface area contributed by atoms with Crippen molar-refractivity contribution in [1.82, 2.24) is 0 Å². The molecule has 2 rings (SSSR count). The summed E-state index contributed by atoms with van der Waals surface area (Å²) in [6.07, 6.45) is 1.52. The summed E-state index contributed by atoms with van der Waals surface area (Å²) in [5, 5.41) is 13.7. The van der Waals surface area contributed by atoms with Gasteiger partial charge in [0.05, 0.1) is 5.69 Å². The van der Waals surface area contributed by atoms with Crippen molar-refractivity contribution in [1.29, 1.82) is 0 Å². The Labute approximate surface area is 106 Å². The lowest BCUT2D eigenvalue weighted by Crippen LogP contribution is -2.32. The van der Waals surface area contributed by atoms with E-state index in [2.05, 4.69) is 15.8 Å². The second-order valence-corrected chi connectivity index (χ2v) is 3.74. The van der Waals surface area contributed by atoms with Crippen LogP contribution in [0.4, 0.5) is 5.69 Å². The van der Waals surface area contributed by atoms with Gasteiger partial charge in [-0.3, -0.25) is 10.8 Å². The van der Waals surface area contributed by atoms with Crippen LogP contribution in [0.3, 0.4) is 0 Å². The summed E-state index contributed by atoms with van der Waals surface area (Å²) in [6, 6.07) is 19.2.